The summed E-state index contributed by atoms with van der Waals surface area (Å²) >= 11 is 0. The predicted molar refractivity (Wildman–Crippen MR) is 54.5 cm³/mol. The number of rotatable bonds is 1. The van der Waals surface area contributed by atoms with Crippen molar-refractivity contribution in [1.82, 2.24) is 10.2 Å². The van der Waals surface area contributed by atoms with Crippen molar-refractivity contribution in [3.63, 3.8) is 0 Å². The number of nitrogens with zero attached hydrogens (tertiary/aromatic N) is 1. The van der Waals surface area contributed by atoms with Crippen molar-refractivity contribution in [3.05, 3.63) is 24.2 Å². The van der Waals surface area contributed by atoms with Crippen molar-refractivity contribution in [2.75, 3.05) is 33.2 Å². The molecule has 1 aromatic rings. The first kappa shape index (κ1) is 10.9. The zero-order chi connectivity index (χ0) is 10.2. The fraction of sp³-hybridized carbons (Fsp3) is 0.500. The van der Waals surface area contributed by atoms with Crippen LogP contribution >= 0.6 is 0 Å². The van der Waals surface area contributed by atoms with E-state index in [0.717, 1.165) is 13.1 Å². The molecule has 0 bridgehead atoms. The summed E-state index contributed by atoms with van der Waals surface area (Å²) in [6, 6.07) is 3.27. The second-order valence-corrected chi connectivity index (χ2v) is 3.19. The molecule has 1 aliphatic heterocycles. The summed E-state index contributed by atoms with van der Waals surface area (Å²) in [5.41, 5.74) is 0. The second-order valence-electron chi connectivity index (χ2n) is 3.19. The number of aldehydes is 1. The van der Waals surface area contributed by atoms with Crippen LogP contribution in [-0.2, 0) is 0 Å². The molecule has 0 aliphatic carbocycles. The molecule has 1 N–H and O–H groups in total. The van der Waals surface area contributed by atoms with Gasteiger partial charge in [0.1, 0.15) is 0 Å². The summed E-state index contributed by atoms with van der Waals surface area (Å²) in [5, 5.41) is 3.27. The van der Waals surface area contributed by atoms with Crippen molar-refractivity contribution in [2.45, 2.75) is 0 Å². The lowest BCUT2D eigenvalue weighted by Crippen LogP contribution is -2.40. The lowest BCUT2D eigenvalue weighted by atomic mass is 10.4. The fourth-order valence-corrected chi connectivity index (χ4v) is 1.13. The Bertz CT molecular complexity index is 241. The van der Waals surface area contributed by atoms with E-state index in [2.05, 4.69) is 21.7 Å². The van der Waals surface area contributed by atoms with Gasteiger partial charge < -0.3 is 14.6 Å². The minimum absolute atomic E-state index is 0.375. The summed E-state index contributed by atoms with van der Waals surface area (Å²) in [4.78, 5) is 12.1. The van der Waals surface area contributed by atoms with Crippen LogP contribution in [0.25, 0.3) is 0 Å². The van der Waals surface area contributed by atoms with Crippen LogP contribution in [0.2, 0.25) is 0 Å². The molecule has 1 saturated heterocycles. The van der Waals surface area contributed by atoms with Crippen LogP contribution in [0, 0.1) is 0 Å². The second kappa shape index (κ2) is 6.34. The van der Waals surface area contributed by atoms with Crippen LogP contribution < -0.4 is 5.32 Å². The molecule has 1 fully saturated rings. The number of hydrogen-bond donors (Lipinski definition) is 1. The van der Waals surface area contributed by atoms with Gasteiger partial charge in [0.15, 0.2) is 12.0 Å². The minimum atomic E-state index is 0.375. The number of likely N-dealkylation sites (N-methyl/N-ethyl adjacent to an activating group) is 1. The minimum Gasteiger partial charge on any atom is -0.462 e. The van der Waals surface area contributed by atoms with Gasteiger partial charge in [0, 0.05) is 26.2 Å². The Morgan fingerprint density at radius 1 is 1.50 bits per heavy atom. The van der Waals surface area contributed by atoms with Gasteiger partial charge in [-0.15, -0.1) is 0 Å². The van der Waals surface area contributed by atoms with Crippen molar-refractivity contribution in [3.8, 4) is 0 Å². The Balaban J connectivity index is 0.000000140. The average molecular weight is 196 g/mol. The van der Waals surface area contributed by atoms with Crippen molar-refractivity contribution >= 4 is 6.29 Å². The molecule has 14 heavy (non-hydrogen) atoms. The Labute approximate surface area is 83.9 Å². The summed E-state index contributed by atoms with van der Waals surface area (Å²) in [5.74, 6) is 0.375. The third-order valence-corrected chi connectivity index (χ3v) is 2.00. The van der Waals surface area contributed by atoms with Gasteiger partial charge in [-0.25, -0.2) is 0 Å². The zero-order valence-corrected chi connectivity index (χ0v) is 8.40. The van der Waals surface area contributed by atoms with Crippen molar-refractivity contribution in [2.24, 2.45) is 0 Å². The van der Waals surface area contributed by atoms with Gasteiger partial charge in [0.05, 0.1) is 6.26 Å². The monoisotopic (exact) mass is 196 g/mol. The highest BCUT2D eigenvalue weighted by molar-refractivity contribution is 5.69. The number of carbonyl (C=O) groups excluding carboxylic acids is 1. The van der Waals surface area contributed by atoms with E-state index in [1.165, 1.54) is 19.4 Å². The number of hydrogen-bond acceptors (Lipinski definition) is 4. The maximum atomic E-state index is 9.77. The Kier molecular flexibility index (Phi) is 4.96. The first-order valence-corrected chi connectivity index (χ1v) is 4.71. The van der Waals surface area contributed by atoms with E-state index in [9.17, 15) is 4.79 Å². The van der Waals surface area contributed by atoms with E-state index >= 15 is 0 Å². The summed E-state index contributed by atoms with van der Waals surface area (Å²) in [7, 11) is 2.15. The summed E-state index contributed by atoms with van der Waals surface area (Å²) in [6.45, 7) is 4.74. The first-order valence-electron chi connectivity index (χ1n) is 4.71. The number of furan rings is 1. The third kappa shape index (κ3) is 4.20. The molecule has 0 atom stereocenters. The molecule has 0 amide bonds. The molecule has 0 spiro atoms. The number of piperazine rings is 1. The van der Waals surface area contributed by atoms with E-state index in [-0.39, 0.29) is 0 Å². The maximum absolute atomic E-state index is 9.77. The molecular weight excluding hydrogens is 180 g/mol. The number of carbonyl (C=O) groups is 1. The molecule has 0 saturated carbocycles. The van der Waals surface area contributed by atoms with Crippen molar-refractivity contribution < 1.29 is 9.21 Å². The Morgan fingerprint density at radius 3 is 2.50 bits per heavy atom. The van der Waals surface area contributed by atoms with E-state index in [4.69, 9.17) is 0 Å². The molecule has 4 heteroatoms. The lowest BCUT2D eigenvalue weighted by Gasteiger charge is -2.21. The van der Waals surface area contributed by atoms with Gasteiger partial charge in [0.2, 0.25) is 0 Å². The Morgan fingerprint density at radius 2 is 2.21 bits per heavy atom. The summed E-state index contributed by atoms with van der Waals surface area (Å²) < 4.78 is 4.61. The molecule has 4 nitrogen and oxygen atoms in total. The SMILES string of the molecule is CN1CCNCC1.O=Cc1ccco1. The molecule has 2 rings (SSSR count). The van der Waals surface area contributed by atoms with E-state index < -0.39 is 0 Å². The maximum Gasteiger partial charge on any atom is 0.185 e. The van der Waals surface area contributed by atoms with Gasteiger partial charge in [-0.3, -0.25) is 4.79 Å². The van der Waals surface area contributed by atoms with Crippen LogP contribution in [0.5, 0.6) is 0 Å². The van der Waals surface area contributed by atoms with Gasteiger partial charge in [0.25, 0.3) is 0 Å². The standard InChI is InChI=1S/C5H12N2.C5H4O2/c1-7-4-2-6-3-5-7;6-4-5-2-1-3-7-5/h6H,2-5H2,1H3;1-4H. The molecule has 1 aromatic heterocycles. The normalized spacial score (nSPS) is 16.9. The van der Waals surface area contributed by atoms with Crippen molar-refractivity contribution in [1.29, 1.82) is 0 Å². The highest BCUT2D eigenvalue weighted by atomic mass is 16.3. The van der Waals surface area contributed by atoms with Gasteiger partial charge >= 0.3 is 0 Å². The van der Waals surface area contributed by atoms with E-state index in [1.807, 2.05) is 0 Å². The molecule has 0 radical (unpaired) electrons. The fourth-order valence-electron chi connectivity index (χ4n) is 1.13. The largest absolute Gasteiger partial charge is 0.462 e. The molecule has 2 heterocycles. The molecule has 78 valence electrons. The highest BCUT2D eigenvalue weighted by Gasteiger charge is 2.01. The molecule has 1 aliphatic rings. The highest BCUT2D eigenvalue weighted by Crippen LogP contribution is 1.92. The van der Waals surface area contributed by atoms with Gasteiger partial charge in [-0.1, -0.05) is 0 Å². The number of nitrogens with one attached hydrogen (secondary N) is 1. The molecular formula is C10H16N2O2. The summed E-state index contributed by atoms with van der Waals surface area (Å²) in [6.07, 6.45) is 2.13. The lowest BCUT2D eigenvalue weighted by molar-refractivity contribution is 0.110. The van der Waals surface area contributed by atoms with E-state index in [0.29, 0.717) is 12.0 Å². The third-order valence-electron chi connectivity index (χ3n) is 2.00. The van der Waals surface area contributed by atoms with Crippen LogP contribution in [0.1, 0.15) is 10.6 Å². The van der Waals surface area contributed by atoms with E-state index in [1.54, 1.807) is 12.1 Å². The first-order chi connectivity index (χ1) is 6.83. The molecule has 0 unspecified atom stereocenters. The van der Waals surface area contributed by atoms with Gasteiger partial charge in [-0.05, 0) is 19.2 Å². The quantitative estimate of drug-likeness (QED) is 0.669. The van der Waals surface area contributed by atoms with Gasteiger partial charge in [-0.2, -0.15) is 0 Å². The van der Waals surface area contributed by atoms with Crippen LogP contribution in [-0.4, -0.2) is 44.4 Å². The van der Waals surface area contributed by atoms with Crippen LogP contribution in [0.4, 0.5) is 0 Å². The van der Waals surface area contributed by atoms with Crippen LogP contribution in [0.3, 0.4) is 0 Å². The average Bonchev–Trinajstić information content (AvgIpc) is 2.72. The zero-order valence-electron chi connectivity index (χ0n) is 8.40. The predicted octanol–water partition coefficient (Wildman–Crippen LogP) is 0.613. The van der Waals surface area contributed by atoms with Crippen LogP contribution in [0.15, 0.2) is 22.8 Å². The topological polar surface area (TPSA) is 45.5 Å². The Hall–Kier alpha value is -1.13. The smallest absolute Gasteiger partial charge is 0.185 e. The molecule has 0 aromatic carbocycles.